The Morgan fingerprint density at radius 2 is 2.06 bits per heavy atom. The first-order chi connectivity index (χ1) is 8.43. The second-order valence-corrected chi connectivity index (χ2v) is 4.57. The number of methoxy groups -OCH3 is 1. The maximum Gasteiger partial charge on any atom is 0.253 e. The van der Waals surface area contributed by atoms with Crippen molar-refractivity contribution >= 4 is 29.1 Å². The van der Waals surface area contributed by atoms with Crippen molar-refractivity contribution in [3.05, 3.63) is 28.0 Å². The summed E-state index contributed by atoms with van der Waals surface area (Å²) < 4.78 is 4.79. The van der Waals surface area contributed by atoms with E-state index >= 15 is 0 Å². The summed E-state index contributed by atoms with van der Waals surface area (Å²) in [6.45, 7) is 0.319. The van der Waals surface area contributed by atoms with Crippen LogP contribution in [0.4, 0.5) is 0 Å². The Bertz CT molecular complexity index is 408. The molecule has 1 unspecified atom stereocenters. The van der Waals surface area contributed by atoms with E-state index in [1.165, 1.54) is 24.1 Å². The van der Waals surface area contributed by atoms with Crippen LogP contribution in [-0.2, 0) is 4.74 Å². The average molecular weight is 293 g/mol. The Hall–Kier alpha value is -0.880. The summed E-state index contributed by atoms with van der Waals surface area (Å²) in [6.07, 6.45) is -0.739. The molecule has 1 N–H and O–H groups in total. The molecule has 18 heavy (non-hydrogen) atoms. The Kier molecular flexibility index (Phi) is 5.81. The monoisotopic (exact) mass is 292 g/mol. The second kappa shape index (κ2) is 6.89. The molecule has 1 aromatic rings. The third kappa shape index (κ3) is 4.42. The van der Waals surface area contributed by atoms with Gasteiger partial charge in [0.2, 0.25) is 0 Å². The van der Waals surface area contributed by atoms with E-state index in [1.807, 2.05) is 0 Å². The molecule has 0 saturated heterocycles. The van der Waals surface area contributed by atoms with Crippen molar-refractivity contribution in [3.63, 3.8) is 0 Å². The maximum absolute atomic E-state index is 12.0. The van der Waals surface area contributed by atoms with E-state index in [0.29, 0.717) is 5.56 Å². The molecule has 1 atom stereocenters. The molecule has 1 heterocycles. The molecular formula is C11H14Cl2N2O3. The van der Waals surface area contributed by atoms with Gasteiger partial charge in [-0.15, -0.1) is 0 Å². The van der Waals surface area contributed by atoms with Gasteiger partial charge >= 0.3 is 0 Å². The van der Waals surface area contributed by atoms with Gasteiger partial charge in [0.15, 0.2) is 0 Å². The molecule has 1 aromatic heterocycles. The van der Waals surface area contributed by atoms with E-state index in [2.05, 4.69) is 4.98 Å². The number of likely N-dealkylation sites (N-methyl/N-ethyl adjacent to an activating group) is 1. The summed E-state index contributed by atoms with van der Waals surface area (Å²) in [7, 11) is 3.05. The minimum atomic E-state index is -0.739. The first-order valence-electron chi connectivity index (χ1n) is 5.19. The molecule has 1 amide bonds. The van der Waals surface area contributed by atoms with Gasteiger partial charge < -0.3 is 14.7 Å². The number of hydrogen-bond donors (Lipinski definition) is 1. The van der Waals surface area contributed by atoms with Crippen LogP contribution in [0.15, 0.2) is 12.1 Å². The van der Waals surface area contributed by atoms with Crippen LogP contribution in [0.25, 0.3) is 0 Å². The molecule has 0 spiro atoms. The Balaban J connectivity index is 2.74. The summed E-state index contributed by atoms with van der Waals surface area (Å²) in [5.41, 5.74) is 0.326. The van der Waals surface area contributed by atoms with Crippen molar-refractivity contribution in [1.29, 1.82) is 0 Å². The number of carbonyl (C=O) groups is 1. The quantitative estimate of drug-likeness (QED) is 0.835. The number of nitrogens with zero attached hydrogens (tertiary/aromatic N) is 2. The number of pyridine rings is 1. The van der Waals surface area contributed by atoms with Crippen molar-refractivity contribution in [2.75, 3.05) is 27.3 Å². The highest BCUT2D eigenvalue weighted by molar-refractivity contribution is 6.33. The summed E-state index contributed by atoms with van der Waals surface area (Å²) >= 11 is 11.4. The van der Waals surface area contributed by atoms with Crippen LogP contribution in [0.3, 0.4) is 0 Å². The summed E-state index contributed by atoms with van der Waals surface area (Å²) in [5, 5.41) is 9.84. The Labute approximate surface area is 115 Å². The number of aliphatic hydroxyl groups excluding tert-OH is 1. The Morgan fingerprint density at radius 3 is 2.56 bits per heavy atom. The van der Waals surface area contributed by atoms with Gasteiger partial charge in [0.05, 0.1) is 12.7 Å². The van der Waals surface area contributed by atoms with E-state index in [-0.39, 0.29) is 29.4 Å². The van der Waals surface area contributed by atoms with Crippen LogP contribution in [0.1, 0.15) is 10.4 Å². The van der Waals surface area contributed by atoms with Gasteiger partial charge in [0.1, 0.15) is 10.3 Å². The summed E-state index contributed by atoms with van der Waals surface area (Å²) in [4.78, 5) is 17.1. The van der Waals surface area contributed by atoms with E-state index < -0.39 is 6.10 Å². The van der Waals surface area contributed by atoms with Gasteiger partial charge in [-0.1, -0.05) is 23.2 Å². The van der Waals surface area contributed by atoms with Gasteiger partial charge in [0, 0.05) is 26.3 Å². The highest BCUT2D eigenvalue weighted by atomic mass is 35.5. The molecule has 100 valence electrons. The topological polar surface area (TPSA) is 62.7 Å². The zero-order chi connectivity index (χ0) is 13.7. The van der Waals surface area contributed by atoms with Crippen LogP contribution in [0.5, 0.6) is 0 Å². The number of rotatable bonds is 5. The van der Waals surface area contributed by atoms with E-state index in [9.17, 15) is 9.90 Å². The summed E-state index contributed by atoms with van der Waals surface area (Å²) in [5.74, 6) is -0.295. The predicted molar refractivity (Wildman–Crippen MR) is 69.1 cm³/mol. The lowest BCUT2D eigenvalue weighted by molar-refractivity contribution is 0.0380. The highest BCUT2D eigenvalue weighted by Gasteiger charge is 2.16. The van der Waals surface area contributed by atoms with Crippen molar-refractivity contribution in [3.8, 4) is 0 Å². The van der Waals surface area contributed by atoms with Crippen molar-refractivity contribution in [2.45, 2.75) is 6.10 Å². The fraction of sp³-hybridized carbons (Fsp3) is 0.455. The molecular weight excluding hydrogens is 279 g/mol. The number of amides is 1. The van der Waals surface area contributed by atoms with Crippen molar-refractivity contribution in [2.24, 2.45) is 0 Å². The Morgan fingerprint density at radius 1 is 1.50 bits per heavy atom. The molecule has 0 bridgehead atoms. The SMILES string of the molecule is COCC(O)CN(C)C(=O)c1cc(Cl)nc(Cl)c1. The molecule has 0 aromatic carbocycles. The van der Waals surface area contributed by atoms with Gasteiger partial charge in [-0.25, -0.2) is 4.98 Å². The maximum atomic E-state index is 12.0. The predicted octanol–water partition coefficient (Wildman–Crippen LogP) is 1.47. The minimum Gasteiger partial charge on any atom is -0.389 e. The van der Waals surface area contributed by atoms with Gasteiger partial charge in [0.25, 0.3) is 5.91 Å². The lowest BCUT2D eigenvalue weighted by Gasteiger charge is -2.20. The van der Waals surface area contributed by atoms with Crippen LogP contribution < -0.4 is 0 Å². The summed E-state index contributed by atoms with van der Waals surface area (Å²) in [6, 6.07) is 2.85. The molecule has 0 aliphatic carbocycles. The third-order valence-electron chi connectivity index (χ3n) is 2.20. The lowest BCUT2D eigenvalue weighted by atomic mass is 10.2. The largest absolute Gasteiger partial charge is 0.389 e. The second-order valence-electron chi connectivity index (χ2n) is 3.80. The van der Waals surface area contributed by atoms with Crippen LogP contribution in [0.2, 0.25) is 10.3 Å². The standard InChI is InChI=1S/C11H14Cl2N2O3/c1-15(5-8(16)6-18-2)11(17)7-3-9(12)14-10(13)4-7/h3-4,8,16H,5-6H2,1-2H3. The van der Waals surface area contributed by atoms with E-state index in [0.717, 1.165) is 0 Å². The zero-order valence-corrected chi connectivity index (χ0v) is 11.6. The number of aromatic nitrogens is 1. The highest BCUT2D eigenvalue weighted by Crippen LogP contribution is 2.16. The fourth-order valence-corrected chi connectivity index (χ4v) is 1.91. The molecule has 0 aliphatic rings. The minimum absolute atomic E-state index is 0.150. The van der Waals surface area contributed by atoms with Gasteiger partial charge in [-0.2, -0.15) is 0 Å². The van der Waals surface area contributed by atoms with E-state index in [1.54, 1.807) is 7.05 Å². The first kappa shape index (κ1) is 15.2. The molecule has 5 nitrogen and oxygen atoms in total. The number of aliphatic hydroxyl groups is 1. The molecule has 0 radical (unpaired) electrons. The van der Waals surface area contributed by atoms with Crippen LogP contribution in [0, 0.1) is 0 Å². The zero-order valence-electron chi connectivity index (χ0n) is 10.1. The van der Waals surface area contributed by atoms with Crippen molar-refractivity contribution < 1.29 is 14.6 Å². The molecule has 0 fully saturated rings. The van der Waals surface area contributed by atoms with Crippen molar-refractivity contribution in [1.82, 2.24) is 9.88 Å². The molecule has 7 heteroatoms. The number of carbonyl (C=O) groups excluding carboxylic acids is 1. The smallest absolute Gasteiger partial charge is 0.253 e. The lowest BCUT2D eigenvalue weighted by Crippen LogP contribution is -2.36. The van der Waals surface area contributed by atoms with Crippen LogP contribution >= 0.6 is 23.2 Å². The normalized spacial score (nSPS) is 12.3. The third-order valence-corrected chi connectivity index (χ3v) is 2.59. The molecule has 0 saturated carbocycles. The van der Waals surface area contributed by atoms with Crippen LogP contribution in [-0.4, -0.2) is 54.3 Å². The molecule has 0 aliphatic heterocycles. The van der Waals surface area contributed by atoms with Gasteiger partial charge in [-0.05, 0) is 12.1 Å². The van der Waals surface area contributed by atoms with E-state index in [4.69, 9.17) is 27.9 Å². The number of hydrogen-bond acceptors (Lipinski definition) is 4. The van der Waals surface area contributed by atoms with Gasteiger partial charge in [-0.3, -0.25) is 4.79 Å². The molecule has 1 rings (SSSR count). The first-order valence-corrected chi connectivity index (χ1v) is 5.95. The fourth-order valence-electron chi connectivity index (χ4n) is 1.45. The number of ether oxygens (including phenoxy) is 1. The number of halogens is 2. The average Bonchev–Trinajstić information content (AvgIpc) is 2.26.